The van der Waals surface area contributed by atoms with E-state index in [0.29, 0.717) is 17.1 Å². The molecule has 1 aromatic carbocycles. The molecule has 0 spiro atoms. The fraction of sp³-hybridized carbons (Fsp3) is 0.214. The Morgan fingerprint density at radius 3 is 2.89 bits per heavy atom. The largest absolute Gasteiger partial charge is 0.399 e. The van der Waals surface area contributed by atoms with Gasteiger partial charge in [0.05, 0.1) is 0 Å². The van der Waals surface area contributed by atoms with Gasteiger partial charge in [-0.2, -0.15) is 0 Å². The second kappa shape index (κ2) is 5.93. The van der Waals surface area contributed by atoms with E-state index < -0.39 is 0 Å². The first-order valence-electron chi connectivity index (χ1n) is 6.12. The molecule has 0 fully saturated rings. The van der Waals surface area contributed by atoms with Crippen LogP contribution in [0.3, 0.4) is 0 Å². The van der Waals surface area contributed by atoms with Gasteiger partial charge < -0.3 is 15.6 Å². The number of aryl methyl sites for hydroxylation is 1. The highest BCUT2D eigenvalue weighted by Crippen LogP contribution is 2.18. The minimum absolute atomic E-state index is 0.134. The zero-order valence-electron chi connectivity index (χ0n) is 10.7. The van der Waals surface area contributed by atoms with Crippen molar-refractivity contribution in [3.05, 3.63) is 46.7 Å². The quantitative estimate of drug-likeness (QED) is 0.847. The summed E-state index contributed by atoms with van der Waals surface area (Å²) in [6.45, 7) is 2.89. The number of carbonyl (C=O) groups excluding carboxylic acids is 1. The lowest BCUT2D eigenvalue weighted by molar-refractivity contribution is 0.101. The average Bonchev–Trinajstić information content (AvgIpc) is 2.71. The summed E-state index contributed by atoms with van der Waals surface area (Å²) >= 11 is 3.40. The molecular weight excluding hydrogens is 306 g/mol. The van der Waals surface area contributed by atoms with Gasteiger partial charge in [-0.3, -0.25) is 4.79 Å². The van der Waals surface area contributed by atoms with E-state index in [0.717, 1.165) is 17.4 Å². The molecule has 1 amide bonds. The third-order valence-corrected chi connectivity index (χ3v) is 3.14. The fourth-order valence-electron chi connectivity index (χ4n) is 1.90. The molecule has 0 aliphatic heterocycles. The van der Waals surface area contributed by atoms with Gasteiger partial charge in [0, 0.05) is 28.6 Å². The third-order valence-electron chi connectivity index (χ3n) is 2.70. The Bertz CT molecular complexity index is 592. The summed E-state index contributed by atoms with van der Waals surface area (Å²) in [6, 6.07) is 8.96. The number of rotatable bonds is 4. The fourth-order valence-corrected chi connectivity index (χ4v) is 2.37. The number of aromatic nitrogens is 1. The summed E-state index contributed by atoms with van der Waals surface area (Å²) < 4.78 is 2.84. The number of halogens is 1. The minimum Gasteiger partial charge on any atom is -0.399 e. The number of amides is 1. The maximum Gasteiger partial charge on any atom is 0.272 e. The van der Waals surface area contributed by atoms with E-state index in [1.807, 2.05) is 29.0 Å². The number of carbonyl (C=O) groups is 1. The predicted molar refractivity (Wildman–Crippen MR) is 81.2 cm³/mol. The molecule has 19 heavy (non-hydrogen) atoms. The maximum absolute atomic E-state index is 12.2. The number of nitrogens with two attached hydrogens (primary N) is 1. The zero-order chi connectivity index (χ0) is 13.8. The topological polar surface area (TPSA) is 60.0 Å². The number of nitrogen functional groups attached to an aromatic ring is 1. The van der Waals surface area contributed by atoms with Crippen molar-refractivity contribution in [1.29, 1.82) is 0 Å². The first-order chi connectivity index (χ1) is 9.10. The summed E-state index contributed by atoms with van der Waals surface area (Å²) in [6.07, 6.45) is 2.89. The van der Waals surface area contributed by atoms with Crippen LogP contribution in [0.25, 0.3) is 0 Å². The van der Waals surface area contributed by atoms with Crippen LogP contribution in [0.15, 0.2) is 41.0 Å². The van der Waals surface area contributed by atoms with Crippen molar-refractivity contribution in [3.8, 4) is 0 Å². The first-order valence-corrected chi connectivity index (χ1v) is 6.92. The monoisotopic (exact) mass is 321 g/mol. The van der Waals surface area contributed by atoms with Crippen molar-refractivity contribution in [3.63, 3.8) is 0 Å². The van der Waals surface area contributed by atoms with Gasteiger partial charge >= 0.3 is 0 Å². The van der Waals surface area contributed by atoms with E-state index in [1.54, 1.807) is 12.1 Å². The molecule has 0 saturated carbocycles. The summed E-state index contributed by atoms with van der Waals surface area (Å²) in [7, 11) is 0. The number of hydrogen-bond acceptors (Lipinski definition) is 2. The lowest BCUT2D eigenvalue weighted by atomic mass is 10.2. The van der Waals surface area contributed by atoms with Crippen LogP contribution < -0.4 is 11.1 Å². The van der Waals surface area contributed by atoms with Crippen molar-refractivity contribution >= 4 is 33.2 Å². The van der Waals surface area contributed by atoms with E-state index in [4.69, 9.17) is 5.73 Å². The highest BCUT2D eigenvalue weighted by Gasteiger charge is 2.12. The molecular formula is C14H16BrN3O. The normalized spacial score (nSPS) is 10.4. The molecule has 2 aromatic rings. The molecule has 1 heterocycles. The molecule has 3 N–H and O–H groups in total. The van der Waals surface area contributed by atoms with Gasteiger partial charge in [-0.1, -0.05) is 13.0 Å². The summed E-state index contributed by atoms with van der Waals surface area (Å²) in [4.78, 5) is 12.2. The Balaban J connectivity index is 2.20. The van der Waals surface area contributed by atoms with Crippen molar-refractivity contribution in [2.45, 2.75) is 19.9 Å². The molecule has 0 radical (unpaired) electrons. The number of benzene rings is 1. The Morgan fingerprint density at radius 1 is 1.42 bits per heavy atom. The van der Waals surface area contributed by atoms with E-state index in [9.17, 15) is 4.79 Å². The molecule has 1 aromatic heterocycles. The van der Waals surface area contributed by atoms with E-state index in [2.05, 4.69) is 28.2 Å². The van der Waals surface area contributed by atoms with Crippen molar-refractivity contribution in [2.75, 3.05) is 11.1 Å². The molecule has 0 unspecified atom stereocenters. The Morgan fingerprint density at radius 2 is 2.21 bits per heavy atom. The number of nitrogens with one attached hydrogen (secondary N) is 1. The molecule has 0 aliphatic rings. The van der Waals surface area contributed by atoms with Crippen molar-refractivity contribution in [2.24, 2.45) is 0 Å². The molecule has 0 saturated heterocycles. The SMILES string of the molecule is CCCn1cc(Br)cc1C(=O)Nc1cccc(N)c1. The third kappa shape index (κ3) is 3.38. The predicted octanol–water partition coefficient (Wildman–Crippen LogP) is 3.50. The summed E-state index contributed by atoms with van der Waals surface area (Å²) in [5.74, 6) is -0.134. The summed E-state index contributed by atoms with van der Waals surface area (Å²) in [5, 5.41) is 2.85. The van der Waals surface area contributed by atoms with Crippen LogP contribution in [0.2, 0.25) is 0 Å². The molecule has 4 nitrogen and oxygen atoms in total. The molecule has 0 aliphatic carbocycles. The van der Waals surface area contributed by atoms with Gasteiger partial charge in [-0.15, -0.1) is 0 Å². The first kappa shape index (κ1) is 13.7. The lowest BCUT2D eigenvalue weighted by Gasteiger charge is -2.09. The maximum atomic E-state index is 12.2. The molecule has 5 heteroatoms. The van der Waals surface area contributed by atoms with Crippen LogP contribution in [-0.2, 0) is 6.54 Å². The highest BCUT2D eigenvalue weighted by molar-refractivity contribution is 9.10. The van der Waals surface area contributed by atoms with Crippen LogP contribution in [0.5, 0.6) is 0 Å². The second-order valence-electron chi connectivity index (χ2n) is 4.32. The number of anilines is 2. The number of nitrogens with zero attached hydrogens (tertiary/aromatic N) is 1. The van der Waals surface area contributed by atoms with Crippen LogP contribution in [-0.4, -0.2) is 10.5 Å². The minimum atomic E-state index is -0.134. The van der Waals surface area contributed by atoms with E-state index in [1.165, 1.54) is 0 Å². The standard InChI is InChI=1S/C14H16BrN3O/c1-2-6-18-9-10(15)7-13(18)14(19)17-12-5-3-4-11(16)8-12/h3-5,7-9H,2,6,16H2,1H3,(H,17,19). The Kier molecular flexibility index (Phi) is 4.27. The van der Waals surface area contributed by atoms with Crippen molar-refractivity contribution in [1.82, 2.24) is 4.57 Å². The highest BCUT2D eigenvalue weighted by atomic mass is 79.9. The van der Waals surface area contributed by atoms with Crippen LogP contribution in [0, 0.1) is 0 Å². The van der Waals surface area contributed by atoms with Gasteiger partial charge in [0.2, 0.25) is 0 Å². The van der Waals surface area contributed by atoms with Gasteiger partial charge in [0.25, 0.3) is 5.91 Å². The van der Waals surface area contributed by atoms with Gasteiger partial charge in [-0.05, 0) is 46.6 Å². The zero-order valence-corrected chi connectivity index (χ0v) is 12.3. The summed E-state index contributed by atoms with van der Waals surface area (Å²) in [5.41, 5.74) is 7.65. The lowest BCUT2D eigenvalue weighted by Crippen LogP contribution is -2.16. The average molecular weight is 322 g/mol. The van der Waals surface area contributed by atoms with Gasteiger partial charge in [-0.25, -0.2) is 0 Å². The Hall–Kier alpha value is -1.75. The van der Waals surface area contributed by atoms with Gasteiger partial charge in [0.1, 0.15) is 5.69 Å². The van der Waals surface area contributed by atoms with Crippen LogP contribution >= 0.6 is 15.9 Å². The molecule has 2 rings (SSSR count). The van der Waals surface area contributed by atoms with Gasteiger partial charge in [0.15, 0.2) is 0 Å². The van der Waals surface area contributed by atoms with E-state index in [-0.39, 0.29) is 5.91 Å². The number of hydrogen-bond donors (Lipinski definition) is 2. The smallest absolute Gasteiger partial charge is 0.272 e. The molecule has 0 atom stereocenters. The van der Waals surface area contributed by atoms with E-state index >= 15 is 0 Å². The van der Waals surface area contributed by atoms with Crippen LogP contribution in [0.4, 0.5) is 11.4 Å². The van der Waals surface area contributed by atoms with Crippen molar-refractivity contribution < 1.29 is 4.79 Å². The Labute approximate surface area is 120 Å². The molecule has 0 bridgehead atoms. The second-order valence-corrected chi connectivity index (χ2v) is 5.23. The van der Waals surface area contributed by atoms with Crippen LogP contribution in [0.1, 0.15) is 23.8 Å². The molecule has 100 valence electrons.